The van der Waals surface area contributed by atoms with Crippen LogP contribution in [0.25, 0.3) is 0 Å². The summed E-state index contributed by atoms with van der Waals surface area (Å²) in [5.74, 6) is 0.534. The van der Waals surface area contributed by atoms with Gasteiger partial charge in [0.2, 0.25) is 0 Å². The monoisotopic (exact) mass is 335 g/mol. The maximum atomic E-state index is 14.0. The van der Waals surface area contributed by atoms with Crippen LogP contribution in [0.2, 0.25) is 0 Å². The molecule has 130 valence electrons. The number of hydrogen-bond acceptors (Lipinski definition) is 4. The summed E-state index contributed by atoms with van der Waals surface area (Å²) in [5, 5.41) is 9.39. The van der Waals surface area contributed by atoms with Gasteiger partial charge in [0.25, 0.3) is 0 Å². The molecule has 0 unspecified atom stereocenters. The minimum absolute atomic E-state index is 0.0859. The highest BCUT2D eigenvalue weighted by Crippen LogP contribution is 2.21. The topological polar surface area (TPSA) is 81.1 Å². The van der Waals surface area contributed by atoms with Gasteiger partial charge in [0.05, 0.1) is 18.3 Å². The van der Waals surface area contributed by atoms with Crippen molar-refractivity contribution in [2.75, 3.05) is 11.9 Å². The molecule has 1 aromatic heterocycles. The maximum Gasteiger partial charge on any atom is 0.319 e. The molecule has 1 atom stereocenters. The fourth-order valence-corrected chi connectivity index (χ4v) is 2.31. The number of nitrogens with zero attached hydrogens (tertiary/aromatic N) is 3. The first-order valence-electron chi connectivity index (χ1n) is 7.96. The zero-order valence-electron chi connectivity index (χ0n) is 14.0. The summed E-state index contributed by atoms with van der Waals surface area (Å²) < 4.78 is 20.9. The predicted molar refractivity (Wildman–Crippen MR) is 88.5 cm³/mol. The molecule has 0 saturated carbocycles. The summed E-state index contributed by atoms with van der Waals surface area (Å²) >= 11 is 0. The van der Waals surface area contributed by atoms with Crippen LogP contribution in [0.3, 0.4) is 0 Å². The number of urea groups is 1. The zero-order valence-corrected chi connectivity index (χ0v) is 14.0. The van der Waals surface area contributed by atoms with Gasteiger partial charge in [0, 0.05) is 12.6 Å². The van der Waals surface area contributed by atoms with Gasteiger partial charge in [-0.25, -0.2) is 18.9 Å². The number of amides is 2. The Kier molecular flexibility index (Phi) is 6.11. The quantitative estimate of drug-likeness (QED) is 0.814. The molecule has 7 nitrogen and oxygen atoms in total. The van der Waals surface area contributed by atoms with E-state index in [2.05, 4.69) is 20.7 Å². The van der Waals surface area contributed by atoms with Crippen LogP contribution in [0.1, 0.15) is 39.1 Å². The highest BCUT2D eigenvalue weighted by molar-refractivity contribution is 5.89. The average molecular weight is 335 g/mol. The van der Waals surface area contributed by atoms with Crippen LogP contribution in [0, 0.1) is 5.82 Å². The average Bonchev–Trinajstić information content (AvgIpc) is 3.04. The van der Waals surface area contributed by atoms with Gasteiger partial charge in [-0.15, -0.1) is 0 Å². The van der Waals surface area contributed by atoms with Crippen LogP contribution in [0.5, 0.6) is 5.75 Å². The second-order valence-corrected chi connectivity index (χ2v) is 5.07. The molecule has 0 aliphatic carbocycles. The number of halogens is 1. The zero-order chi connectivity index (χ0) is 17.5. The number of ether oxygens (including phenoxy) is 1. The van der Waals surface area contributed by atoms with Gasteiger partial charge in [0.1, 0.15) is 23.7 Å². The largest absolute Gasteiger partial charge is 0.494 e. The van der Waals surface area contributed by atoms with E-state index in [0.717, 1.165) is 0 Å². The SMILES string of the molecule is CCOc1ccc(NC(=O)N[C@@H](CC)c2ncnn2CC)c(F)c1. The lowest BCUT2D eigenvalue weighted by Gasteiger charge is -2.17. The Morgan fingerprint density at radius 1 is 1.38 bits per heavy atom. The van der Waals surface area contributed by atoms with Gasteiger partial charge in [0.15, 0.2) is 0 Å². The van der Waals surface area contributed by atoms with E-state index in [4.69, 9.17) is 4.74 Å². The Morgan fingerprint density at radius 3 is 2.79 bits per heavy atom. The molecule has 0 spiro atoms. The van der Waals surface area contributed by atoms with Gasteiger partial charge in [-0.3, -0.25) is 0 Å². The molecule has 1 aromatic carbocycles. The predicted octanol–water partition coefficient (Wildman–Crippen LogP) is 3.11. The normalized spacial score (nSPS) is 11.8. The third-order valence-electron chi connectivity index (χ3n) is 3.47. The molecule has 2 aromatic rings. The molecule has 0 radical (unpaired) electrons. The fourth-order valence-electron chi connectivity index (χ4n) is 2.31. The van der Waals surface area contributed by atoms with Crippen molar-refractivity contribution in [2.24, 2.45) is 0 Å². The smallest absolute Gasteiger partial charge is 0.319 e. The summed E-state index contributed by atoms with van der Waals surface area (Å²) in [6.07, 6.45) is 2.09. The Morgan fingerprint density at radius 2 is 2.17 bits per heavy atom. The maximum absolute atomic E-state index is 14.0. The lowest BCUT2D eigenvalue weighted by Crippen LogP contribution is -2.34. The Balaban J connectivity index is 2.04. The number of benzene rings is 1. The molecule has 2 rings (SSSR count). The first-order chi connectivity index (χ1) is 11.6. The van der Waals surface area contributed by atoms with E-state index in [0.29, 0.717) is 31.1 Å². The molecule has 8 heteroatoms. The van der Waals surface area contributed by atoms with Crippen molar-refractivity contribution in [1.29, 1.82) is 0 Å². The number of aryl methyl sites for hydroxylation is 1. The van der Waals surface area contributed by atoms with E-state index in [-0.39, 0.29) is 11.7 Å². The molecule has 1 heterocycles. The number of rotatable bonds is 7. The Labute approximate surface area is 140 Å². The Bertz CT molecular complexity index is 689. The van der Waals surface area contributed by atoms with Crippen LogP contribution in [-0.4, -0.2) is 27.4 Å². The summed E-state index contributed by atoms with van der Waals surface area (Å²) in [5.41, 5.74) is 0.0859. The molecule has 2 amide bonds. The van der Waals surface area contributed by atoms with E-state index < -0.39 is 11.8 Å². The second kappa shape index (κ2) is 8.28. The van der Waals surface area contributed by atoms with Gasteiger partial charge in [-0.05, 0) is 32.4 Å². The molecule has 0 fully saturated rings. The van der Waals surface area contributed by atoms with Crippen molar-refractivity contribution in [3.05, 3.63) is 36.2 Å². The molecule has 0 bridgehead atoms. The van der Waals surface area contributed by atoms with Crippen LogP contribution in [0.4, 0.5) is 14.9 Å². The third-order valence-corrected chi connectivity index (χ3v) is 3.47. The van der Waals surface area contributed by atoms with Crippen molar-refractivity contribution in [3.8, 4) is 5.75 Å². The molecular weight excluding hydrogens is 313 g/mol. The molecule has 0 aliphatic heterocycles. The van der Waals surface area contributed by atoms with E-state index in [1.165, 1.54) is 18.5 Å². The Hall–Kier alpha value is -2.64. The summed E-state index contributed by atoms with van der Waals surface area (Å²) in [6, 6.07) is 3.50. The number of carbonyl (C=O) groups is 1. The van der Waals surface area contributed by atoms with E-state index in [9.17, 15) is 9.18 Å². The first-order valence-corrected chi connectivity index (χ1v) is 7.96. The second-order valence-electron chi connectivity index (χ2n) is 5.07. The molecule has 0 aliphatic rings. The van der Waals surface area contributed by atoms with Gasteiger partial charge < -0.3 is 15.4 Å². The van der Waals surface area contributed by atoms with Crippen LogP contribution in [-0.2, 0) is 6.54 Å². The lowest BCUT2D eigenvalue weighted by atomic mass is 10.2. The van der Waals surface area contributed by atoms with E-state index >= 15 is 0 Å². The molecule has 0 saturated heterocycles. The van der Waals surface area contributed by atoms with E-state index in [1.807, 2.05) is 20.8 Å². The van der Waals surface area contributed by atoms with Crippen LogP contribution < -0.4 is 15.4 Å². The minimum atomic E-state index is -0.555. The molecule has 24 heavy (non-hydrogen) atoms. The number of hydrogen-bond donors (Lipinski definition) is 2. The standard InChI is InChI=1S/C16H22FN5O2/c1-4-13(15-18-10-19-22(15)5-2)20-16(23)21-14-8-7-11(24-6-3)9-12(14)17/h7-10,13H,4-6H2,1-3H3,(H2,20,21,23)/t13-/m0/s1. The van der Waals surface area contributed by atoms with Crippen LogP contribution >= 0.6 is 0 Å². The summed E-state index contributed by atoms with van der Waals surface area (Å²) in [7, 11) is 0. The van der Waals surface area contributed by atoms with Gasteiger partial charge >= 0.3 is 6.03 Å². The molecular formula is C16H22FN5O2. The number of anilines is 1. The van der Waals surface area contributed by atoms with Crippen molar-refractivity contribution in [2.45, 2.75) is 39.8 Å². The summed E-state index contributed by atoms with van der Waals surface area (Å²) in [4.78, 5) is 16.3. The first kappa shape index (κ1) is 17.7. The summed E-state index contributed by atoms with van der Waals surface area (Å²) in [6.45, 7) is 6.79. The minimum Gasteiger partial charge on any atom is -0.494 e. The third kappa shape index (κ3) is 4.21. The number of carbonyl (C=O) groups excluding carboxylic acids is 1. The van der Waals surface area contributed by atoms with Gasteiger partial charge in [-0.2, -0.15) is 5.10 Å². The highest BCUT2D eigenvalue weighted by atomic mass is 19.1. The van der Waals surface area contributed by atoms with Crippen molar-refractivity contribution in [3.63, 3.8) is 0 Å². The number of aromatic nitrogens is 3. The van der Waals surface area contributed by atoms with Gasteiger partial charge in [-0.1, -0.05) is 6.92 Å². The number of nitrogens with one attached hydrogen (secondary N) is 2. The molecule has 2 N–H and O–H groups in total. The fraction of sp³-hybridized carbons (Fsp3) is 0.438. The van der Waals surface area contributed by atoms with Crippen LogP contribution in [0.15, 0.2) is 24.5 Å². The van der Waals surface area contributed by atoms with Crippen molar-refractivity contribution >= 4 is 11.7 Å². The van der Waals surface area contributed by atoms with Crippen molar-refractivity contribution < 1.29 is 13.9 Å². The van der Waals surface area contributed by atoms with Crippen molar-refractivity contribution in [1.82, 2.24) is 20.1 Å². The lowest BCUT2D eigenvalue weighted by molar-refractivity contribution is 0.247. The highest BCUT2D eigenvalue weighted by Gasteiger charge is 2.18. The van der Waals surface area contributed by atoms with E-state index in [1.54, 1.807) is 10.7 Å².